The van der Waals surface area contributed by atoms with Crippen molar-refractivity contribution in [1.82, 2.24) is 0 Å². The van der Waals surface area contributed by atoms with Gasteiger partial charge in [0, 0.05) is 11.5 Å². The molecular formula is C14H18O3. The monoisotopic (exact) mass is 234 g/mol. The van der Waals surface area contributed by atoms with E-state index in [1.807, 2.05) is 0 Å². The highest BCUT2D eigenvalue weighted by Gasteiger charge is 2.71. The molecule has 1 saturated heterocycles. The maximum Gasteiger partial charge on any atom is 0.333 e. The summed E-state index contributed by atoms with van der Waals surface area (Å²) in [6.07, 6.45) is 5.39. The van der Waals surface area contributed by atoms with Crippen molar-refractivity contribution in [2.75, 3.05) is 0 Å². The number of epoxide rings is 1. The van der Waals surface area contributed by atoms with E-state index in [9.17, 15) is 4.79 Å². The second-order valence-corrected chi connectivity index (χ2v) is 6.30. The van der Waals surface area contributed by atoms with Gasteiger partial charge in [0.25, 0.3) is 0 Å². The predicted molar refractivity (Wildman–Crippen MR) is 61.2 cm³/mol. The van der Waals surface area contributed by atoms with Crippen molar-refractivity contribution < 1.29 is 14.3 Å². The first kappa shape index (κ1) is 10.1. The number of carbonyl (C=O) groups excluding carboxylic acids is 1. The summed E-state index contributed by atoms with van der Waals surface area (Å²) in [5, 5.41) is 0. The molecule has 17 heavy (non-hydrogen) atoms. The minimum Gasteiger partial charge on any atom is -0.455 e. The Morgan fingerprint density at radius 1 is 1.53 bits per heavy atom. The van der Waals surface area contributed by atoms with Gasteiger partial charge in [0.15, 0.2) is 0 Å². The van der Waals surface area contributed by atoms with Crippen LogP contribution in [0.25, 0.3) is 0 Å². The molecule has 4 rings (SSSR count). The summed E-state index contributed by atoms with van der Waals surface area (Å²) in [6.45, 7) is 5.41. The summed E-state index contributed by atoms with van der Waals surface area (Å²) in [7, 11) is 0. The van der Waals surface area contributed by atoms with E-state index in [4.69, 9.17) is 9.47 Å². The summed E-state index contributed by atoms with van der Waals surface area (Å²) >= 11 is 0. The maximum atomic E-state index is 11.8. The molecule has 0 amide bonds. The number of ether oxygens (including phenoxy) is 2. The van der Waals surface area contributed by atoms with Gasteiger partial charge in [-0.15, -0.1) is 0 Å². The fourth-order valence-corrected chi connectivity index (χ4v) is 4.67. The molecule has 0 spiro atoms. The molecule has 4 aliphatic rings. The molecule has 0 N–H and O–H groups in total. The van der Waals surface area contributed by atoms with E-state index in [1.54, 1.807) is 6.92 Å². The lowest BCUT2D eigenvalue weighted by molar-refractivity contribution is -0.161. The summed E-state index contributed by atoms with van der Waals surface area (Å²) in [4.78, 5) is 11.8. The quantitative estimate of drug-likeness (QED) is 0.417. The van der Waals surface area contributed by atoms with Gasteiger partial charge in [-0.3, -0.25) is 0 Å². The normalized spacial score (nSPS) is 53.1. The number of fused-ring (bicyclic) bond motifs is 7. The van der Waals surface area contributed by atoms with Crippen molar-refractivity contribution in [2.24, 2.45) is 17.8 Å². The van der Waals surface area contributed by atoms with E-state index < -0.39 is 0 Å². The van der Waals surface area contributed by atoms with Gasteiger partial charge in [-0.1, -0.05) is 6.58 Å². The predicted octanol–water partition coefficient (Wildman–Crippen LogP) is 2.06. The van der Waals surface area contributed by atoms with E-state index in [1.165, 1.54) is 12.8 Å². The van der Waals surface area contributed by atoms with Gasteiger partial charge in [-0.05, 0) is 44.4 Å². The van der Waals surface area contributed by atoms with Crippen LogP contribution in [0.2, 0.25) is 0 Å². The molecule has 2 bridgehead atoms. The van der Waals surface area contributed by atoms with Gasteiger partial charge in [-0.2, -0.15) is 0 Å². The second kappa shape index (κ2) is 2.94. The van der Waals surface area contributed by atoms with Gasteiger partial charge in [0.05, 0.1) is 12.2 Å². The van der Waals surface area contributed by atoms with Crippen LogP contribution in [0, 0.1) is 17.8 Å². The molecule has 0 aromatic heterocycles. The van der Waals surface area contributed by atoms with E-state index in [-0.39, 0.29) is 11.6 Å². The van der Waals surface area contributed by atoms with Crippen LogP contribution in [-0.4, -0.2) is 23.8 Å². The Labute approximate surface area is 101 Å². The van der Waals surface area contributed by atoms with Gasteiger partial charge in [0.1, 0.15) is 5.60 Å². The largest absolute Gasteiger partial charge is 0.455 e. The number of carbonyl (C=O) groups is 1. The molecule has 6 atom stereocenters. The topological polar surface area (TPSA) is 38.8 Å². The van der Waals surface area contributed by atoms with E-state index >= 15 is 0 Å². The lowest BCUT2D eigenvalue weighted by Crippen LogP contribution is -2.42. The first-order chi connectivity index (χ1) is 8.11. The highest BCUT2D eigenvalue weighted by molar-refractivity contribution is 5.87. The maximum absolute atomic E-state index is 11.8. The Bertz CT molecular complexity index is 416. The molecule has 3 aliphatic carbocycles. The zero-order valence-corrected chi connectivity index (χ0v) is 10.1. The van der Waals surface area contributed by atoms with Crippen LogP contribution >= 0.6 is 0 Å². The molecular weight excluding hydrogens is 216 g/mol. The number of hydrogen-bond donors (Lipinski definition) is 0. The molecule has 3 nitrogen and oxygen atoms in total. The molecule has 0 radical (unpaired) electrons. The van der Waals surface area contributed by atoms with Crippen LogP contribution in [0.5, 0.6) is 0 Å². The highest BCUT2D eigenvalue weighted by Crippen LogP contribution is 2.67. The van der Waals surface area contributed by atoms with Crippen molar-refractivity contribution in [3.63, 3.8) is 0 Å². The number of rotatable bonds is 2. The standard InChI is InChI=1S/C14H18O3/c1-7(2)13(15)17-14-4-3-8(6-14)9-5-10-12(16-10)11(9)14/h8-12H,1,3-6H2,2H3. The Morgan fingerprint density at radius 2 is 2.35 bits per heavy atom. The molecule has 1 heterocycles. The Morgan fingerprint density at radius 3 is 3.12 bits per heavy atom. The summed E-state index contributed by atoms with van der Waals surface area (Å²) < 4.78 is 11.5. The van der Waals surface area contributed by atoms with E-state index in [2.05, 4.69) is 6.58 Å². The van der Waals surface area contributed by atoms with Crippen molar-refractivity contribution in [3.8, 4) is 0 Å². The molecule has 0 aromatic rings. The van der Waals surface area contributed by atoms with Crippen molar-refractivity contribution in [1.29, 1.82) is 0 Å². The second-order valence-electron chi connectivity index (χ2n) is 6.30. The van der Waals surface area contributed by atoms with Gasteiger partial charge in [-0.25, -0.2) is 4.79 Å². The van der Waals surface area contributed by atoms with Gasteiger partial charge >= 0.3 is 5.97 Å². The average molecular weight is 234 g/mol. The minimum atomic E-state index is -0.213. The van der Waals surface area contributed by atoms with Crippen LogP contribution < -0.4 is 0 Å². The first-order valence-corrected chi connectivity index (χ1v) is 6.65. The van der Waals surface area contributed by atoms with Crippen LogP contribution in [0.1, 0.15) is 32.6 Å². The lowest BCUT2D eigenvalue weighted by atomic mass is 9.78. The van der Waals surface area contributed by atoms with E-state index in [0.717, 1.165) is 24.7 Å². The zero-order chi connectivity index (χ0) is 11.8. The molecule has 0 aromatic carbocycles. The average Bonchev–Trinajstić information content (AvgIpc) is 2.70. The van der Waals surface area contributed by atoms with Crippen LogP contribution in [-0.2, 0) is 14.3 Å². The fraction of sp³-hybridized carbons (Fsp3) is 0.786. The summed E-state index contributed by atoms with van der Waals surface area (Å²) in [5.41, 5.74) is 0.305. The fourth-order valence-electron chi connectivity index (χ4n) is 4.67. The van der Waals surface area contributed by atoms with Crippen LogP contribution in [0.3, 0.4) is 0 Å². The SMILES string of the molecule is C=C(C)C(=O)OC12CCC(C1)C1CC3OC3C12. The molecule has 92 valence electrons. The Hall–Kier alpha value is -0.830. The minimum absolute atomic E-state index is 0.207. The third-order valence-electron chi connectivity index (χ3n) is 5.34. The molecule has 3 heteroatoms. The Balaban J connectivity index is 1.63. The van der Waals surface area contributed by atoms with E-state index in [0.29, 0.717) is 23.7 Å². The smallest absolute Gasteiger partial charge is 0.333 e. The van der Waals surface area contributed by atoms with Crippen molar-refractivity contribution >= 4 is 5.97 Å². The third-order valence-corrected chi connectivity index (χ3v) is 5.34. The first-order valence-electron chi connectivity index (χ1n) is 6.65. The van der Waals surface area contributed by atoms with Crippen molar-refractivity contribution in [2.45, 2.75) is 50.4 Å². The van der Waals surface area contributed by atoms with Crippen LogP contribution in [0.15, 0.2) is 12.2 Å². The summed E-state index contributed by atoms with van der Waals surface area (Å²) in [5.74, 6) is 1.80. The molecule has 4 fully saturated rings. The number of esters is 1. The highest BCUT2D eigenvalue weighted by atomic mass is 16.6. The van der Waals surface area contributed by atoms with Crippen molar-refractivity contribution in [3.05, 3.63) is 12.2 Å². The number of hydrogen-bond acceptors (Lipinski definition) is 3. The van der Waals surface area contributed by atoms with Gasteiger partial charge < -0.3 is 9.47 Å². The summed E-state index contributed by atoms with van der Waals surface area (Å²) in [6, 6.07) is 0. The Kier molecular flexibility index (Phi) is 1.75. The molecule has 1 aliphatic heterocycles. The molecule has 6 unspecified atom stereocenters. The van der Waals surface area contributed by atoms with Crippen LogP contribution in [0.4, 0.5) is 0 Å². The lowest BCUT2D eigenvalue weighted by Gasteiger charge is -2.36. The zero-order valence-electron chi connectivity index (χ0n) is 10.1. The molecule has 3 saturated carbocycles. The third kappa shape index (κ3) is 1.18. The van der Waals surface area contributed by atoms with Gasteiger partial charge in [0.2, 0.25) is 0 Å².